The number of aromatic nitrogens is 2. The molecule has 0 saturated carbocycles. The summed E-state index contributed by atoms with van der Waals surface area (Å²) in [6.45, 7) is 0.138. The molecule has 1 aromatic heterocycles. The third-order valence-corrected chi connectivity index (χ3v) is 7.84. The van der Waals surface area contributed by atoms with Crippen LogP contribution < -0.4 is 11.2 Å². The molecule has 0 radical (unpaired) electrons. The number of hydrogen-bond donors (Lipinski definition) is 1. The quantitative estimate of drug-likeness (QED) is 0.377. The second kappa shape index (κ2) is 10.1. The Hall–Kier alpha value is -3.42. The van der Waals surface area contributed by atoms with Crippen molar-refractivity contribution < 1.29 is 9.13 Å². The van der Waals surface area contributed by atoms with Crippen LogP contribution >= 0.6 is 11.8 Å². The predicted molar refractivity (Wildman–Crippen MR) is 136 cm³/mol. The van der Waals surface area contributed by atoms with Crippen molar-refractivity contribution in [2.24, 2.45) is 0 Å². The van der Waals surface area contributed by atoms with E-state index in [0.717, 1.165) is 16.7 Å². The van der Waals surface area contributed by atoms with E-state index in [4.69, 9.17) is 4.74 Å². The van der Waals surface area contributed by atoms with E-state index in [9.17, 15) is 9.59 Å². The van der Waals surface area contributed by atoms with Gasteiger partial charge in [-0.15, -0.1) is 11.8 Å². The van der Waals surface area contributed by atoms with E-state index in [-0.39, 0.29) is 13.0 Å². The fourth-order valence-electron chi connectivity index (χ4n) is 4.64. The van der Waals surface area contributed by atoms with Crippen LogP contribution in [0.25, 0.3) is 0 Å². The number of thioether (sulfide) groups is 1. The lowest BCUT2D eigenvalue weighted by Gasteiger charge is -2.37. The van der Waals surface area contributed by atoms with Crippen LogP contribution in [0.1, 0.15) is 28.5 Å². The highest BCUT2D eigenvalue weighted by Crippen LogP contribution is 2.45. The zero-order chi connectivity index (χ0) is 24.3. The molecular formula is C28H25FN2O3S. The fraction of sp³-hybridized carbons (Fsp3) is 0.214. The van der Waals surface area contributed by atoms with E-state index in [1.54, 1.807) is 0 Å². The van der Waals surface area contributed by atoms with Gasteiger partial charge in [0.2, 0.25) is 0 Å². The van der Waals surface area contributed by atoms with E-state index in [0.29, 0.717) is 0 Å². The SMILES string of the molecule is O=c1ccn([C@H]2C[C@@H](F)[C@@H](COC(c3ccccc3)(c3ccccc3)c3ccccc3)S2)c(=O)[nH]1. The Morgan fingerprint density at radius 1 is 0.857 bits per heavy atom. The lowest BCUT2D eigenvalue weighted by Crippen LogP contribution is -2.36. The van der Waals surface area contributed by atoms with Gasteiger partial charge >= 0.3 is 5.69 Å². The number of H-pyrrole nitrogens is 1. The lowest BCUT2D eigenvalue weighted by molar-refractivity contribution is 0.00694. The molecule has 1 aliphatic heterocycles. The highest BCUT2D eigenvalue weighted by Gasteiger charge is 2.42. The third-order valence-electron chi connectivity index (χ3n) is 6.33. The number of hydrogen-bond acceptors (Lipinski definition) is 4. The molecule has 4 aromatic rings. The Kier molecular flexibility index (Phi) is 6.70. The number of nitrogens with one attached hydrogen (secondary N) is 1. The maximum atomic E-state index is 15.2. The highest BCUT2D eigenvalue weighted by molar-refractivity contribution is 8.00. The van der Waals surface area contributed by atoms with E-state index >= 15 is 4.39 Å². The minimum atomic E-state index is -1.16. The van der Waals surface area contributed by atoms with Crippen molar-refractivity contribution in [3.8, 4) is 0 Å². The van der Waals surface area contributed by atoms with Crippen LogP contribution in [0.4, 0.5) is 4.39 Å². The molecule has 5 nitrogen and oxygen atoms in total. The van der Waals surface area contributed by atoms with Crippen molar-refractivity contribution in [3.05, 3.63) is 141 Å². The van der Waals surface area contributed by atoms with Crippen LogP contribution in [0.3, 0.4) is 0 Å². The van der Waals surface area contributed by atoms with Crippen molar-refractivity contribution >= 4 is 11.8 Å². The van der Waals surface area contributed by atoms with E-state index in [1.165, 1.54) is 28.6 Å². The third kappa shape index (κ3) is 4.61. The van der Waals surface area contributed by atoms with Crippen molar-refractivity contribution in [1.29, 1.82) is 0 Å². The molecule has 0 bridgehead atoms. The number of aromatic amines is 1. The normalized spacial score (nSPS) is 20.1. The molecule has 1 N–H and O–H groups in total. The molecule has 7 heteroatoms. The molecular weight excluding hydrogens is 463 g/mol. The molecule has 1 saturated heterocycles. The van der Waals surface area contributed by atoms with Crippen LogP contribution in [-0.4, -0.2) is 27.6 Å². The molecule has 0 amide bonds. The molecule has 1 fully saturated rings. The minimum Gasteiger partial charge on any atom is -0.360 e. The van der Waals surface area contributed by atoms with Gasteiger partial charge in [0.1, 0.15) is 11.8 Å². The molecule has 178 valence electrons. The first-order valence-electron chi connectivity index (χ1n) is 11.5. The van der Waals surface area contributed by atoms with Crippen LogP contribution in [0, 0.1) is 0 Å². The van der Waals surface area contributed by atoms with Crippen molar-refractivity contribution in [2.45, 2.75) is 28.8 Å². The van der Waals surface area contributed by atoms with Crippen LogP contribution in [0.5, 0.6) is 0 Å². The number of nitrogens with zero attached hydrogens (tertiary/aromatic N) is 1. The molecule has 5 rings (SSSR count). The molecule has 2 heterocycles. The van der Waals surface area contributed by atoms with Gasteiger partial charge < -0.3 is 4.74 Å². The van der Waals surface area contributed by atoms with E-state index < -0.39 is 33.6 Å². The van der Waals surface area contributed by atoms with Gasteiger partial charge in [-0.05, 0) is 16.7 Å². The Morgan fingerprint density at radius 3 is 1.86 bits per heavy atom. The van der Waals surface area contributed by atoms with Gasteiger partial charge in [0.05, 0.1) is 17.2 Å². The summed E-state index contributed by atoms with van der Waals surface area (Å²) in [6.07, 6.45) is 0.431. The van der Waals surface area contributed by atoms with Crippen molar-refractivity contribution in [1.82, 2.24) is 9.55 Å². The predicted octanol–water partition coefficient (Wildman–Crippen LogP) is 4.89. The van der Waals surface area contributed by atoms with Crippen LogP contribution in [0.15, 0.2) is 113 Å². The summed E-state index contributed by atoms with van der Waals surface area (Å²) in [4.78, 5) is 25.9. The number of halogens is 1. The highest BCUT2D eigenvalue weighted by atomic mass is 32.2. The average Bonchev–Trinajstić information content (AvgIpc) is 3.26. The van der Waals surface area contributed by atoms with Crippen LogP contribution in [-0.2, 0) is 10.3 Å². The Labute approximate surface area is 206 Å². The first-order chi connectivity index (χ1) is 17.1. The zero-order valence-electron chi connectivity index (χ0n) is 18.9. The maximum absolute atomic E-state index is 15.2. The summed E-state index contributed by atoms with van der Waals surface area (Å²) in [5.74, 6) is 0. The minimum absolute atomic E-state index is 0.138. The van der Waals surface area contributed by atoms with Crippen LogP contribution in [0.2, 0.25) is 0 Å². The second-order valence-corrected chi connectivity index (χ2v) is 9.91. The summed E-state index contributed by atoms with van der Waals surface area (Å²) >= 11 is 1.36. The lowest BCUT2D eigenvalue weighted by atomic mass is 9.80. The van der Waals surface area contributed by atoms with Gasteiger partial charge in [0.15, 0.2) is 0 Å². The maximum Gasteiger partial charge on any atom is 0.329 e. The molecule has 0 aliphatic carbocycles. The smallest absolute Gasteiger partial charge is 0.329 e. The molecule has 3 atom stereocenters. The first kappa shape index (κ1) is 23.3. The standard InChI is InChI=1S/C28H25FN2O3S/c29-23-18-26(31-17-16-25(32)30-27(31)33)35-24(23)19-34-28(20-10-4-1-5-11-20,21-12-6-2-7-13-21)22-14-8-3-9-15-22/h1-17,23-24,26H,18-19H2,(H,30,32,33)/t23-,24-,26-/m1/s1. The number of alkyl halides is 1. The van der Waals surface area contributed by atoms with Gasteiger partial charge in [-0.2, -0.15) is 0 Å². The summed E-state index contributed by atoms with van der Waals surface area (Å²) in [5, 5.41) is -0.892. The fourth-order valence-corrected chi connectivity index (χ4v) is 6.06. The number of rotatable bonds is 7. The largest absolute Gasteiger partial charge is 0.360 e. The Balaban J connectivity index is 1.50. The molecule has 3 aromatic carbocycles. The molecule has 35 heavy (non-hydrogen) atoms. The van der Waals surface area contributed by atoms with Gasteiger partial charge in [-0.25, -0.2) is 9.18 Å². The Morgan fingerprint density at radius 2 is 1.37 bits per heavy atom. The summed E-state index contributed by atoms with van der Waals surface area (Å²) < 4.78 is 23.4. The molecule has 0 unspecified atom stereocenters. The average molecular weight is 489 g/mol. The van der Waals surface area contributed by atoms with Gasteiger partial charge in [-0.3, -0.25) is 14.3 Å². The van der Waals surface area contributed by atoms with Crippen molar-refractivity contribution in [2.75, 3.05) is 6.61 Å². The van der Waals surface area contributed by atoms with Gasteiger partial charge in [-0.1, -0.05) is 91.0 Å². The molecule has 1 aliphatic rings. The van der Waals surface area contributed by atoms with E-state index in [2.05, 4.69) is 4.98 Å². The first-order valence-corrected chi connectivity index (χ1v) is 12.4. The topological polar surface area (TPSA) is 64.1 Å². The second-order valence-electron chi connectivity index (χ2n) is 8.49. The van der Waals surface area contributed by atoms with Crippen molar-refractivity contribution in [3.63, 3.8) is 0 Å². The zero-order valence-corrected chi connectivity index (χ0v) is 19.7. The Bertz CT molecular complexity index is 1280. The number of ether oxygens (including phenoxy) is 1. The monoisotopic (exact) mass is 488 g/mol. The van der Waals surface area contributed by atoms with Gasteiger partial charge in [0, 0.05) is 18.7 Å². The van der Waals surface area contributed by atoms with E-state index in [1.807, 2.05) is 91.0 Å². The molecule has 0 spiro atoms. The summed E-state index contributed by atoms with van der Waals surface area (Å²) in [5.41, 5.74) is 0.912. The summed E-state index contributed by atoms with van der Waals surface area (Å²) in [7, 11) is 0. The van der Waals surface area contributed by atoms with Gasteiger partial charge in [0.25, 0.3) is 5.56 Å². The summed E-state index contributed by atoms with van der Waals surface area (Å²) in [6, 6.07) is 31.1. The number of benzene rings is 3.